The fourth-order valence-electron chi connectivity index (χ4n) is 1.55. The van der Waals surface area contributed by atoms with Gasteiger partial charge in [-0.05, 0) is 36.4 Å². The average molecular weight is 285 g/mol. The summed E-state index contributed by atoms with van der Waals surface area (Å²) in [6.45, 7) is 4.98. The predicted molar refractivity (Wildman–Crippen MR) is 71.1 cm³/mol. The van der Waals surface area contributed by atoms with E-state index in [9.17, 15) is 0 Å². The Kier molecular flexibility index (Phi) is 5.73. The molecule has 1 heterocycles. The molecular weight excluding hydrogens is 269 g/mol. The van der Waals surface area contributed by atoms with Crippen LogP contribution in [0.25, 0.3) is 11.3 Å². The van der Waals surface area contributed by atoms with E-state index in [1.54, 1.807) is 0 Å². The first-order valence-electron chi connectivity index (χ1n) is 5.73. The molecule has 4 heteroatoms. The zero-order valence-electron chi connectivity index (χ0n) is 10.4. The molecule has 0 fully saturated rings. The standard InChI is InChI=1S/C14H16ClNO.ClH/c1-10(2)16-9-13-7-8-14(17-13)11-3-5-12(15)6-4-11;/h3-8,10,16H,9H2,1-2H3;1H/p-1. The normalized spacial score (nSPS) is 10.4. The smallest absolute Gasteiger partial charge is 0.134 e. The van der Waals surface area contributed by atoms with Crippen LogP contribution >= 0.6 is 11.6 Å². The van der Waals surface area contributed by atoms with Crippen molar-refractivity contribution in [3.63, 3.8) is 0 Å². The predicted octanol–water partition coefficient (Wildman–Crippen LogP) is 1.10. The van der Waals surface area contributed by atoms with E-state index in [4.69, 9.17) is 16.0 Å². The van der Waals surface area contributed by atoms with Gasteiger partial charge in [-0.15, -0.1) is 0 Å². The largest absolute Gasteiger partial charge is 1.00 e. The van der Waals surface area contributed by atoms with Crippen molar-refractivity contribution in [2.24, 2.45) is 0 Å². The summed E-state index contributed by atoms with van der Waals surface area (Å²) in [6.07, 6.45) is 0. The van der Waals surface area contributed by atoms with E-state index >= 15 is 0 Å². The van der Waals surface area contributed by atoms with Crippen LogP contribution in [0.1, 0.15) is 19.6 Å². The van der Waals surface area contributed by atoms with E-state index in [1.165, 1.54) is 0 Å². The minimum atomic E-state index is 0. The fourth-order valence-corrected chi connectivity index (χ4v) is 1.67. The van der Waals surface area contributed by atoms with Gasteiger partial charge in [0.05, 0.1) is 6.54 Å². The van der Waals surface area contributed by atoms with Gasteiger partial charge in [0.2, 0.25) is 0 Å². The van der Waals surface area contributed by atoms with Crippen LogP contribution in [-0.4, -0.2) is 6.04 Å². The zero-order chi connectivity index (χ0) is 12.3. The van der Waals surface area contributed by atoms with Crippen molar-refractivity contribution < 1.29 is 16.8 Å². The minimum Gasteiger partial charge on any atom is -1.00 e. The summed E-state index contributed by atoms with van der Waals surface area (Å²) in [7, 11) is 0. The third-order valence-electron chi connectivity index (χ3n) is 2.47. The summed E-state index contributed by atoms with van der Waals surface area (Å²) < 4.78 is 5.75. The molecule has 1 aromatic carbocycles. The molecule has 0 amide bonds. The van der Waals surface area contributed by atoms with E-state index in [1.807, 2.05) is 36.4 Å². The Morgan fingerprint density at radius 2 is 1.78 bits per heavy atom. The monoisotopic (exact) mass is 284 g/mol. The van der Waals surface area contributed by atoms with Gasteiger partial charge >= 0.3 is 0 Å². The van der Waals surface area contributed by atoms with Crippen LogP contribution in [0.15, 0.2) is 40.8 Å². The van der Waals surface area contributed by atoms with Gasteiger partial charge in [-0.1, -0.05) is 25.4 Å². The van der Waals surface area contributed by atoms with Crippen molar-refractivity contribution in [1.82, 2.24) is 5.32 Å². The van der Waals surface area contributed by atoms with Crippen molar-refractivity contribution in [3.8, 4) is 11.3 Å². The van der Waals surface area contributed by atoms with Gasteiger partial charge in [-0.3, -0.25) is 0 Å². The molecule has 0 radical (unpaired) electrons. The van der Waals surface area contributed by atoms with Crippen LogP contribution in [0.3, 0.4) is 0 Å². The highest BCUT2D eigenvalue weighted by atomic mass is 35.5. The summed E-state index contributed by atoms with van der Waals surface area (Å²) in [5.74, 6) is 1.82. The van der Waals surface area contributed by atoms with Gasteiger partial charge in [0.25, 0.3) is 0 Å². The van der Waals surface area contributed by atoms with Crippen molar-refractivity contribution in [2.45, 2.75) is 26.4 Å². The molecule has 0 saturated carbocycles. The molecule has 0 atom stereocenters. The van der Waals surface area contributed by atoms with Crippen LogP contribution < -0.4 is 17.7 Å². The number of hydrogen-bond acceptors (Lipinski definition) is 2. The maximum atomic E-state index is 5.85. The molecule has 0 unspecified atom stereocenters. The number of rotatable bonds is 4. The second kappa shape index (κ2) is 6.83. The summed E-state index contributed by atoms with van der Waals surface area (Å²) in [5, 5.41) is 4.06. The lowest BCUT2D eigenvalue weighted by molar-refractivity contribution is -0.00000413. The first-order valence-corrected chi connectivity index (χ1v) is 6.11. The number of nitrogens with one attached hydrogen (secondary N) is 1. The Bertz CT molecular complexity index is 477. The van der Waals surface area contributed by atoms with Gasteiger partial charge in [0.15, 0.2) is 0 Å². The molecule has 1 aromatic heterocycles. The summed E-state index contributed by atoms with van der Waals surface area (Å²) in [6, 6.07) is 12.1. The van der Waals surface area contributed by atoms with E-state index in [0.717, 1.165) is 28.7 Å². The second-order valence-electron chi connectivity index (χ2n) is 4.31. The molecule has 0 saturated heterocycles. The highest BCUT2D eigenvalue weighted by Crippen LogP contribution is 2.23. The Morgan fingerprint density at radius 3 is 2.39 bits per heavy atom. The van der Waals surface area contributed by atoms with Gasteiger partial charge < -0.3 is 22.1 Å². The number of hydrogen-bond donors (Lipinski definition) is 1. The molecule has 18 heavy (non-hydrogen) atoms. The van der Waals surface area contributed by atoms with Crippen LogP contribution in [0.4, 0.5) is 0 Å². The lowest BCUT2D eigenvalue weighted by atomic mass is 10.2. The minimum absolute atomic E-state index is 0. The molecule has 2 rings (SSSR count). The average Bonchev–Trinajstić information content (AvgIpc) is 2.76. The third kappa shape index (κ3) is 4.05. The fraction of sp³-hybridized carbons (Fsp3) is 0.286. The van der Waals surface area contributed by atoms with Crippen LogP contribution in [-0.2, 0) is 6.54 Å². The Labute approximate surface area is 119 Å². The van der Waals surface area contributed by atoms with Crippen molar-refractivity contribution in [2.75, 3.05) is 0 Å². The quantitative estimate of drug-likeness (QED) is 0.910. The van der Waals surface area contributed by atoms with Gasteiger partial charge in [-0.25, -0.2) is 0 Å². The first-order chi connectivity index (χ1) is 8.15. The molecule has 2 nitrogen and oxygen atoms in total. The molecule has 98 valence electrons. The Balaban J connectivity index is 0.00000162. The zero-order valence-corrected chi connectivity index (χ0v) is 11.9. The summed E-state index contributed by atoms with van der Waals surface area (Å²) in [5.41, 5.74) is 1.05. The maximum absolute atomic E-state index is 5.85. The van der Waals surface area contributed by atoms with Crippen molar-refractivity contribution in [1.29, 1.82) is 0 Å². The van der Waals surface area contributed by atoms with Gasteiger partial charge in [0, 0.05) is 16.6 Å². The Morgan fingerprint density at radius 1 is 1.11 bits per heavy atom. The topological polar surface area (TPSA) is 25.2 Å². The third-order valence-corrected chi connectivity index (χ3v) is 2.73. The van der Waals surface area contributed by atoms with Gasteiger partial charge in [0.1, 0.15) is 11.5 Å². The van der Waals surface area contributed by atoms with E-state index < -0.39 is 0 Å². The number of benzene rings is 1. The lowest BCUT2D eigenvalue weighted by Gasteiger charge is -2.05. The highest BCUT2D eigenvalue weighted by Gasteiger charge is 2.04. The molecule has 0 aliphatic rings. The summed E-state index contributed by atoms with van der Waals surface area (Å²) in [4.78, 5) is 0. The van der Waals surface area contributed by atoms with Crippen LogP contribution in [0, 0.1) is 0 Å². The first kappa shape index (κ1) is 15.1. The molecule has 0 bridgehead atoms. The van der Waals surface area contributed by atoms with Crippen molar-refractivity contribution >= 4 is 11.6 Å². The van der Waals surface area contributed by atoms with Crippen molar-refractivity contribution in [3.05, 3.63) is 47.2 Å². The highest BCUT2D eigenvalue weighted by molar-refractivity contribution is 6.30. The van der Waals surface area contributed by atoms with Crippen LogP contribution in [0.2, 0.25) is 5.02 Å². The van der Waals surface area contributed by atoms with Gasteiger partial charge in [-0.2, -0.15) is 0 Å². The Hall–Kier alpha value is -0.960. The molecule has 0 spiro atoms. The second-order valence-corrected chi connectivity index (χ2v) is 4.74. The van der Waals surface area contributed by atoms with Crippen LogP contribution in [0.5, 0.6) is 0 Å². The maximum Gasteiger partial charge on any atom is 0.134 e. The molecule has 2 aromatic rings. The lowest BCUT2D eigenvalue weighted by Crippen LogP contribution is -3.00. The molecule has 1 N–H and O–H groups in total. The van der Waals surface area contributed by atoms with E-state index in [2.05, 4.69) is 19.2 Å². The van der Waals surface area contributed by atoms with E-state index in [0.29, 0.717) is 6.04 Å². The van der Waals surface area contributed by atoms with E-state index in [-0.39, 0.29) is 12.4 Å². The molecular formula is C14H16Cl2NO-. The summed E-state index contributed by atoms with van der Waals surface area (Å²) >= 11 is 5.85. The molecule has 0 aliphatic carbocycles. The molecule has 0 aliphatic heterocycles. The number of halogens is 2. The number of furan rings is 1. The SMILES string of the molecule is CC(C)NCc1ccc(-c2ccc(Cl)cc2)o1.[Cl-].